The van der Waals surface area contributed by atoms with E-state index in [1.54, 1.807) is 17.1 Å². The van der Waals surface area contributed by atoms with Crippen molar-refractivity contribution >= 4 is 5.91 Å². The summed E-state index contributed by atoms with van der Waals surface area (Å²) in [5.74, 6) is 2.37. The van der Waals surface area contributed by atoms with Gasteiger partial charge in [-0.15, -0.1) is 0 Å². The van der Waals surface area contributed by atoms with E-state index in [1.165, 1.54) is 19.3 Å². The molecule has 8 heteroatoms. The number of rotatable bonds is 4. The number of hydrogen-bond acceptors (Lipinski definition) is 6. The van der Waals surface area contributed by atoms with Gasteiger partial charge in [-0.3, -0.25) is 4.79 Å². The fraction of sp³-hybridized carbons (Fsp3) is 0.440. The summed E-state index contributed by atoms with van der Waals surface area (Å²) in [7, 11) is 0. The molecule has 4 heterocycles. The van der Waals surface area contributed by atoms with E-state index in [0.717, 1.165) is 61.5 Å². The topological polar surface area (TPSA) is 82.4 Å². The second-order valence-electron chi connectivity index (χ2n) is 9.00. The third kappa shape index (κ3) is 3.94. The van der Waals surface area contributed by atoms with Gasteiger partial charge >= 0.3 is 0 Å². The lowest BCUT2D eigenvalue weighted by molar-refractivity contribution is 0.0741. The van der Waals surface area contributed by atoms with Crippen LogP contribution in [0, 0.1) is 0 Å². The predicted molar refractivity (Wildman–Crippen MR) is 122 cm³/mol. The molecule has 0 bridgehead atoms. The molecular formula is C25H27N5O3. The van der Waals surface area contributed by atoms with Crippen molar-refractivity contribution in [2.75, 3.05) is 19.9 Å². The van der Waals surface area contributed by atoms with Crippen molar-refractivity contribution in [1.82, 2.24) is 24.6 Å². The Hall–Kier alpha value is -3.42. The highest BCUT2D eigenvalue weighted by molar-refractivity contribution is 5.95. The molecule has 0 radical (unpaired) electrons. The first-order chi connectivity index (χ1) is 16.3. The van der Waals surface area contributed by atoms with Gasteiger partial charge in [-0.05, 0) is 49.9 Å². The molecule has 0 unspecified atom stereocenters. The maximum atomic E-state index is 13.5. The van der Waals surface area contributed by atoms with Crippen LogP contribution in [0.1, 0.15) is 66.9 Å². The van der Waals surface area contributed by atoms with Crippen LogP contribution in [0.4, 0.5) is 0 Å². The van der Waals surface area contributed by atoms with Crippen molar-refractivity contribution in [1.29, 1.82) is 0 Å². The molecule has 2 fully saturated rings. The average Bonchev–Trinajstić information content (AvgIpc) is 3.38. The third-order valence-electron chi connectivity index (χ3n) is 6.64. The summed E-state index contributed by atoms with van der Waals surface area (Å²) < 4.78 is 12.7. The Labute approximate surface area is 192 Å². The minimum atomic E-state index is 0.0944. The Kier molecular flexibility index (Phi) is 5.20. The summed E-state index contributed by atoms with van der Waals surface area (Å²) in [4.78, 5) is 24.8. The minimum absolute atomic E-state index is 0.0944. The van der Waals surface area contributed by atoms with E-state index in [2.05, 4.69) is 10.1 Å². The Morgan fingerprint density at radius 2 is 1.76 bits per heavy atom. The largest absolute Gasteiger partial charge is 0.454 e. The van der Waals surface area contributed by atoms with Crippen molar-refractivity contribution < 1.29 is 14.3 Å². The van der Waals surface area contributed by atoms with Crippen LogP contribution in [-0.2, 0) is 0 Å². The maximum Gasteiger partial charge on any atom is 0.257 e. The fourth-order valence-electron chi connectivity index (χ4n) is 4.72. The molecule has 1 amide bonds. The van der Waals surface area contributed by atoms with Gasteiger partial charge in [0.05, 0.1) is 23.1 Å². The number of carbonyl (C=O) groups excluding carboxylic acids is 1. The van der Waals surface area contributed by atoms with Gasteiger partial charge < -0.3 is 14.4 Å². The molecule has 33 heavy (non-hydrogen) atoms. The van der Waals surface area contributed by atoms with Crippen LogP contribution in [0.15, 0.2) is 36.7 Å². The fourth-order valence-corrected chi connectivity index (χ4v) is 4.72. The second kappa shape index (κ2) is 8.50. The summed E-state index contributed by atoms with van der Waals surface area (Å²) in [6, 6.07) is 7.65. The van der Waals surface area contributed by atoms with Crippen LogP contribution in [-0.4, -0.2) is 50.4 Å². The van der Waals surface area contributed by atoms with E-state index in [4.69, 9.17) is 14.5 Å². The van der Waals surface area contributed by atoms with Crippen LogP contribution < -0.4 is 9.47 Å². The lowest BCUT2D eigenvalue weighted by Crippen LogP contribution is -2.34. The SMILES string of the molecule is O=C(c1cnn(-c2nccc(-c3ccc4c(c3)OCO4)n2)c1C1CC1)N1CCCCCCC1. The predicted octanol–water partition coefficient (Wildman–Crippen LogP) is 4.34. The molecule has 0 N–H and O–H groups in total. The molecule has 2 aliphatic heterocycles. The van der Waals surface area contributed by atoms with E-state index >= 15 is 0 Å². The van der Waals surface area contributed by atoms with Crippen LogP contribution in [0.2, 0.25) is 0 Å². The lowest BCUT2D eigenvalue weighted by Gasteiger charge is -2.24. The normalized spacial score (nSPS) is 18.1. The Bertz CT molecular complexity index is 1180. The number of ether oxygens (including phenoxy) is 2. The highest BCUT2D eigenvalue weighted by atomic mass is 16.7. The van der Waals surface area contributed by atoms with Gasteiger partial charge in [0.25, 0.3) is 11.9 Å². The van der Waals surface area contributed by atoms with Crippen LogP contribution in [0.5, 0.6) is 11.5 Å². The molecule has 3 aromatic rings. The molecule has 170 valence electrons. The summed E-state index contributed by atoms with van der Waals surface area (Å²) in [5.41, 5.74) is 3.34. The van der Waals surface area contributed by atoms with Gasteiger partial charge in [0.2, 0.25) is 6.79 Å². The number of benzene rings is 1. The molecule has 0 spiro atoms. The van der Waals surface area contributed by atoms with E-state index < -0.39 is 0 Å². The highest BCUT2D eigenvalue weighted by Crippen LogP contribution is 2.43. The summed E-state index contributed by atoms with van der Waals surface area (Å²) in [6.07, 6.45) is 11.4. The molecular weight excluding hydrogens is 418 g/mol. The van der Waals surface area contributed by atoms with Gasteiger partial charge in [-0.2, -0.15) is 5.10 Å². The zero-order chi connectivity index (χ0) is 22.2. The molecule has 8 nitrogen and oxygen atoms in total. The quantitative estimate of drug-likeness (QED) is 0.594. The van der Waals surface area contributed by atoms with Gasteiger partial charge in [0, 0.05) is 30.8 Å². The molecule has 0 atom stereocenters. The van der Waals surface area contributed by atoms with Crippen LogP contribution in [0.25, 0.3) is 17.2 Å². The zero-order valence-corrected chi connectivity index (χ0v) is 18.6. The molecule has 6 rings (SSSR count). The first kappa shape index (κ1) is 20.2. The number of fused-ring (bicyclic) bond motifs is 1. The Morgan fingerprint density at radius 3 is 2.58 bits per heavy atom. The number of amides is 1. The van der Waals surface area contributed by atoms with Gasteiger partial charge in [0.1, 0.15) is 0 Å². The molecule has 2 aromatic heterocycles. The highest BCUT2D eigenvalue weighted by Gasteiger charge is 2.35. The Morgan fingerprint density at radius 1 is 0.970 bits per heavy atom. The summed E-state index contributed by atoms with van der Waals surface area (Å²) in [5, 5.41) is 4.60. The summed E-state index contributed by atoms with van der Waals surface area (Å²) in [6.45, 7) is 1.88. The molecule has 1 saturated carbocycles. The van der Waals surface area contributed by atoms with Crippen LogP contribution >= 0.6 is 0 Å². The maximum absolute atomic E-state index is 13.5. The van der Waals surface area contributed by atoms with Crippen molar-refractivity contribution in [3.8, 4) is 28.7 Å². The minimum Gasteiger partial charge on any atom is -0.454 e. The van der Waals surface area contributed by atoms with E-state index in [9.17, 15) is 4.79 Å². The number of likely N-dealkylation sites (tertiary alicyclic amines) is 1. The van der Waals surface area contributed by atoms with Crippen molar-refractivity contribution in [3.05, 3.63) is 47.9 Å². The van der Waals surface area contributed by atoms with Gasteiger partial charge in [0.15, 0.2) is 11.5 Å². The molecule has 1 saturated heterocycles. The average molecular weight is 446 g/mol. The van der Waals surface area contributed by atoms with Crippen LogP contribution in [0.3, 0.4) is 0 Å². The molecule has 1 aromatic carbocycles. The smallest absolute Gasteiger partial charge is 0.257 e. The number of hydrogen-bond donors (Lipinski definition) is 0. The van der Waals surface area contributed by atoms with E-state index in [0.29, 0.717) is 23.2 Å². The summed E-state index contributed by atoms with van der Waals surface area (Å²) >= 11 is 0. The first-order valence-electron chi connectivity index (χ1n) is 11.9. The van der Waals surface area contributed by atoms with Crippen molar-refractivity contribution in [2.45, 2.75) is 50.9 Å². The third-order valence-corrected chi connectivity index (χ3v) is 6.64. The standard InChI is InChI=1S/C25H27N5O3/c31-24(29-12-4-2-1-3-5-13-29)19-15-27-30(23(19)17-6-7-17)25-26-11-10-20(28-25)18-8-9-21-22(14-18)33-16-32-21/h8-11,14-15,17H,1-7,12-13,16H2. The molecule has 1 aliphatic carbocycles. The van der Waals surface area contributed by atoms with Gasteiger partial charge in [-0.1, -0.05) is 19.3 Å². The zero-order valence-electron chi connectivity index (χ0n) is 18.6. The van der Waals surface area contributed by atoms with Crippen molar-refractivity contribution in [3.63, 3.8) is 0 Å². The number of nitrogens with zero attached hydrogens (tertiary/aromatic N) is 5. The van der Waals surface area contributed by atoms with Crippen molar-refractivity contribution in [2.24, 2.45) is 0 Å². The number of carbonyl (C=O) groups is 1. The second-order valence-corrected chi connectivity index (χ2v) is 9.00. The molecule has 3 aliphatic rings. The first-order valence-corrected chi connectivity index (χ1v) is 11.9. The lowest BCUT2D eigenvalue weighted by atomic mass is 10.1. The van der Waals surface area contributed by atoms with E-state index in [-0.39, 0.29) is 12.7 Å². The monoisotopic (exact) mass is 445 g/mol. The van der Waals surface area contributed by atoms with Gasteiger partial charge in [-0.25, -0.2) is 14.6 Å². The number of aromatic nitrogens is 4. The van der Waals surface area contributed by atoms with E-state index in [1.807, 2.05) is 29.2 Å². The Balaban J connectivity index is 1.33.